The van der Waals surface area contributed by atoms with Gasteiger partial charge in [-0.1, -0.05) is 95.1 Å². The number of methoxy groups -OCH3 is 1. The Balaban J connectivity index is 1.91. The number of carbonyl (C=O) groups excluding carboxylic acids is 3. The van der Waals surface area contributed by atoms with Gasteiger partial charge in [0, 0.05) is 19.1 Å². The third-order valence-corrected chi connectivity index (χ3v) is 7.14. The number of rotatable bonds is 13. The molecule has 0 spiro atoms. The van der Waals surface area contributed by atoms with Gasteiger partial charge in [-0.3, -0.25) is 14.4 Å². The Morgan fingerprint density at radius 3 is 2.19 bits per heavy atom. The van der Waals surface area contributed by atoms with Crippen LogP contribution < -0.4 is 15.4 Å². The van der Waals surface area contributed by atoms with E-state index in [1.807, 2.05) is 82.3 Å². The van der Waals surface area contributed by atoms with Crippen LogP contribution in [0.3, 0.4) is 0 Å². The standard InChI is InChI=1S/C35H44N2O5/c1-7-8-10-19-31(38)42-26-20-21-28(29(22-26)27-18-14-13-15-24(27)2)33(39)37-32(35(3,4)5)34(40)36-30(23-41-6)25-16-11-9-12-17-25/h9,11-18,20-22,30,32H,7-8,10,19,23H2,1-6H3,(H,36,40)(H,37,39)/t30-,32-/m1/s1. The highest BCUT2D eigenvalue weighted by molar-refractivity contribution is 6.03. The maximum absolute atomic E-state index is 13.9. The van der Waals surface area contributed by atoms with Gasteiger partial charge in [0.2, 0.25) is 5.91 Å². The topological polar surface area (TPSA) is 93.7 Å². The predicted molar refractivity (Wildman–Crippen MR) is 166 cm³/mol. The Bertz CT molecular complexity index is 1350. The lowest BCUT2D eigenvalue weighted by molar-refractivity contribution is -0.134. The number of ether oxygens (including phenoxy) is 2. The van der Waals surface area contributed by atoms with Crippen molar-refractivity contribution in [3.63, 3.8) is 0 Å². The molecule has 0 aliphatic heterocycles. The van der Waals surface area contributed by atoms with Crippen molar-refractivity contribution in [2.24, 2.45) is 5.41 Å². The Kier molecular flexibility index (Phi) is 11.9. The molecule has 0 aliphatic rings. The second-order valence-electron chi connectivity index (χ2n) is 11.7. The van der Waals surface area contributed by atoms with Gasteiger partial charge in [0.05, 0.1) is 12.6 Å². The van der Waals surface area contributed by atoms with Gasteiger partial charge in [-0.15, -0.1) is 0 Å². The molecule has 42 heavy (non-hydrogen) atoms. The van der Waals surface area contributed by atoms with E-state index in [2.05, 4.69) is 17.6 Å². The highest BCUT2D eigenvalue weighted by atomic mass is 16.5. The van der Waals surface area contributed by atoms with Crippen molar-refractivity contribution in [1.82, 2.24) is 10.6 Å². The Hall–Kier alpha value is -3.97. The SMILES string of the molecule is CCCCCC(=O)Oc1ccc(C(=O)N[C@H](C(=O)N[C@H](COC)c2ccccc2)C(C)(C)C)c(-c2ccccc2C)c1. The van der Waals surface area contributed by atoms with Crippen LogP contribution in [0.1, 0.15) is 80.9 Å². The molecule has 3 aromatic carbocycles. The largest absolute Gasteiger partial charge is 0.427 e. The van der Waals surface area contributed by atoms with Crippen LogP contribution in [0.25, 0.3) is 11.1 Å². The molecule has 0 saturated carbocycles. The van der Waals surface area contributed by atoms with E-state index < -0.39 is 17.4 Å². The molecule has 2 amide bonds. The zero-order chi connectivity index (χ0) is 30.7. The van der Waals surface area contributed by atoms with Crippen molar-refractivity contribution in [3.8, 4) is 16.9 Å². The first-order valence-electron chi connectivity index (χ1n) is 14.6. The van der Waals surface area contributed by atoms with Crippen molar-refractivity contribution >= 4 is 17.8 Å². The average Bonchev–Trinajstić information content (AvgIpc) is 2.95. The molecule has 0 bridgehead atoms. The number of hydrogen-bond acceptors (Lipinski definition) is 5. The number of nitrogens with one attached hydrogen (secondary N) is 2. The van der Waals surface area contributed by atoms with Gasteiger partial charge in [0.15, 0.2) is 0 Å². The molecule has 2 N–H and O–H groups in total. The molecule has 0 aromatic heterocycles. The molecule has 7 nitrogen and oxygen atoms in total. The van der Waals surface area contributed by atoms with E-state index in [0.29, 0.717) is 23.3 Å². The minimum absolute atomic E-state index is 0.288. The van der Waals surface area contributed by atoms with Crippen molar-refractivity contribution < 1.29 is 23.9 Å². The summed E-state index contributed by atoms with van der Waals surface area (Å²) in [6, 6.07) is 21.1. The highest BCUT2D eigenvalue weighted by Crippen LogP contribution is 2.32. The fourth-order valence-corrected chi connectivity index (χ4v) is 4.80. The lowest BCUT2D eigenvalue weighted by atomic mass is 9.85. The summed E-state index contributed by atoms with van der Waals surface area (Å²) >= 11 is 0. The van der Waals surface area contributed by atoms with Crippen molar-refractivity contribution in [1.29, 1.82) is 0 Å². The molecule has 3 rings (SSSR count). The molecule has 7 heteroatoms. The molecule has 0 aliphatic carbocycles. The Morgan fingerprint density at radius 1 is 0.857 bits per heavy atom. The van der Waals surface area contributed by atoms with Gasteiger partial charge >= 0.3 is 5.97 Å². The van der Waals surface area contributed by atoms with Crippen LogP contribution in [0.15, 0.2) is 72.8 Å². The zero-order valence-electron chi connectivity index (χ0n) is 25.7. The van der Waals surface area contributed by atoms with E-state index in [9.17, 15) is 14.4 Å². The van der Waals surface area contributed by atoms with Crippen molar-refractivity contribution in [2.75, 3.05) is 13.7 Å². The first-order valence-corrected chi connectivity index (χ1v) is 14.6. The van der Waals surface area contributed by atoms with Crippen LogP contribution in [-0.2, 0) is 14.3 Å². The van der Waals surface area contributed by atoms with Gasteiger partial charge in [-0.05, 0) is 59.2 Å². The highest BCUT2D eigenvalue weighted by Gasteiger charge is 2.35. The summed E-state index contributed by atoms with van der Waals surface area (Å²) in [5, 5.41) is 6.07. The lowest BCUT2D eigenvalue weighted by Gasteiger charge is -2.32. The van der Waals surface area contributed by atoms with Gasteiger partial charge in [0.1, 0.15) is 11.8 Å². The first kappa shape index (κ1) is 32.5. The molecule has 0 radical (unpaired) electrons. The molecule has 3 aromatic rings. The number of unbranched alkanes of at least 4 members (excludes halogenated alkanes) is 2. The molecule has 224 valence electrons. The van der Waals surface area contributed by atoms with E-state index in [0.717, 1.165) is 36.0 Å². The number of benzene rings is 3. The number of aryl methyl sites for hydroxylation is 1. The van der Waals surface area contributed by atoms with Gasteiger partial charge in [-0.2, -0.15) is 0 Å². The van der Waals surface area contributed by atoms with E-state index in [-0.39, 0.29) is 24.5 Å². The molecule has 0 heterocycles. The van der Waals surface area contributed by atoms with Crippen LogP contribution in [-0.4, -0.2) is 37.5 Å². The normalized spacial score (nSPS) is 12.7. The smallest absolute Gasteiger partial charge is 0.311 e. The maximum Gasteiger partial charge on any atom is 0.311 e. The molecular formula is C35H44N2O5. The molecular weight excluding hydrogens is 528 g/mol. The number of esters is 1. The van der Waals surface area contributed by atoms with E-state index in [1.165, 1.54) is 0 Å². The molecule has 0 fully saturated rings. The third kappa shape index (κ3) is 9.02. The molecule has 2 atom stereocenters. The monoisotopic (exact) mass is 572 g/mol. The summed E-state index contributed by atoms with van der Waals surface area (Å²) in [4.78, 5) is 40.0. The van der Waals surface area contributed by atoms with Crippen LogP contribution in [0.4, 0.5) is 0 Å². The van der Waals surface area contributed by atoms with Crippen LogP contribution in [0.5, 0.6) is 5.75 Å². The van der Waals surface area contributed by atoms with Crippen LogP contribution in [0.2, 0.25) is 0 Å². The van der Waals surface area contributed by atoms with E-state index in [4.69, 9.17) is 9.47 Å². The summed E-state index contributed by atoms with van der Waals surface area (Å²) < 4.78 is 11.0. The minimum Gasteiger partial charge on any atom is -0.427 e. The Morgan fingerprint density at radius 2 is 1.55 bits per heavy atom. The second-order valence-corrected chi connectivity index (χ2v) is 11.7. The van der Waals surface area contributed by atoms with Crippen LogP contribution >= 0.6 is 0 Å². The van der Waals surface area contributed by atoms with E-state index >= 15 is 0 Å². The quantitative estimate of drug-likeness (QED) is 0.134. The summed E-state index contributed by atoms with van der Waals surface area (Å²) in [5.41, 5.74) is 3.13. The third-order valence-electron chi connectivity index (χ3n) is 7.14. The lowest BCUT2D eigenvalue weighted by Crippen LogP contribution is -2.54. The van der Waals surface area contributed by atoms with Gasteiger partial charge in [0.25, 0.3) is 5.91 Å². The Labute approximate surface area is 250 Å². The summed E-state index contributed by atoms with van der Waals surface area (Å²) in [6.07, 6.45) is 3.08. The fourth-order valence-electron chi connectivity index (χ4n) is 4.80. The van der Waals surface area contributed by atoms with E-state index in [1.54, 1.807) is 25.3 Å². The number of hydrogen-bond donors (Lipinski definition) is 2. The summed E-state index contributed by atoms with van der Waals surface area (Å²) in [6.45, 7) is 10.1. The molecule has 0 saturated heterocycles. The van der Waals surface area contributed by atoms with Gasteiger partial charge in [-0.25, -0.2) is 0 Å². The zero-order valence-corrected chi connectivity index (χ0v) is 25.7. The maximum atomic E-state index is 13.9. The van der Waals surface area contributed by atoms with Crippen molar-refractivity contribution in [2.45, 2.75) is 72.4 Å². The fraction of sp³-hybridized carbons (Fsp3) is 0.400. The van der Waals surface area contributed by atoms with Gasteiger partial charge < -0.3 is 20.1 Å². The second kappa shape index (κ2) is 15.3. The number of amides is 2. The summed E-state index contributed by atoms with van der Waals surface area (Å²) in [7, 11) is 1.59. The first-order chi connectivity index (χ1) is 20.0. The predicted octanol–water partition coefficient (Wildman–Crippen LogP) is 6.80. The minimum atomic E-state index is -0.839. The number of carbonyl (C=O) groups is 3. The summed E-state index contributed by atoms with van der Waals surface area (Å²) in [5.74, 6) is -0.629. The van der Waals surface area contributed by atoms with Crippen molar-refractivity contribution in [3.05, 3.63) is 89.5 Å². The van der Waals surface area contributed by atoms with Crippen LogP contribution in [0, 0.1) is 12.3 Å². The average molecular weight is 573 g/mol. The molecule has 0 unspecified atom stereocenters.